The number of pyridine rings is 1. The van der Waals surface area contributed by atoms with Gasteiger partial charge in [-0.1, -0.05) is 23.7 Å². The molecule has 0 saturated carbocycles. The number of amides is 1. The minimum atomic E-state index is -0.197. The maximum Gasteiger partial charge on any atom is 0.256 e. The molecular formula is C19H14ClN3OS. The summed E-state index contributed by atoms with van der Waals surface area (Å²) in [6.07, 6.45) is 1.97. The molecule has 0 bridgehead atoms. The summed E-state index contributed by atoms with van der Waals surface area (Å²) in [4.78, 5) is 18.4. The van der Waals surface area contributed by atoms with Crippen LogP contribution in [-0.4, -0.2) is 15.3 Å². The lowest BCUT2D eigenvalue weighted by Crippen LogP contribution is -2.14. The van der Waals surface area contributed by atoms with E-state index in [0.29, 0.717) is 16.4 Å². The predicted octanol–water partition coefficient (Wildman–Crippen LogP) is 5.28. The molecule has 4 aromatic rings. The quantitative estimate of drug-likeness (QED) is 0.535. The summed E-state index contributed by atoms with van der Waals surface area (Å²) in [5, 5.41) is 5.60. The van der Waals surface area contributed by atoms with Crippen molar-refractivity contribution in [2.45, 2.75) is 6.92 Å². The molecule has 0 unspecified atom stereocenters. The summed E-state index contributed by atoms with van der Waals surface area (Å²) in [5.74, 6) is 0.471. The van der Waals surface area contributed by atoms with E-state index in [4.69, 9.17) is 16.6 Å². The van der Waals surface area contributed by atoms with E-state index in [1.165, 1.54) is 0 Å². The second-order valence-electron chi connectivity index (χ2n) is 5.68. The van der Waals surface area contributed by atoms with Gasteiger partial charge in [-0.15, -0.1) is 11.3 Å². The third-order valence-corrected chi connectivity index (χ3v) is 4.99. The number of nitrogens with one attached hydrogen (secondary N) is 1. The number of aryl methyl sites for hydroxylation is 1. The Morgan fingerprint density at radius 2 is 1.96 bits per heavy atom. The maximum atomic E-state index is 12.7. The molecule has 0 aliphatic rings. The van der Waals surface area contributed by atoms with Gasteiger partial charge in [0.15, 0.2) is 0 Å². The van der Waals surface area contributed by atoms with E-state index in [1.807, 2.05) is 47.2 Å². The van der Waals surface area contributed by atoms with Crippen LogP contribution >= 0.6 is 22.9 Å². The van der Waals surface area contributed by atoms with E-state index in [2.05, 4.69) is 5.32 Å². The van der Waals surface area contributed by atoms with E-state index < -0.39 is 0 Å². The highest BCUT2D eigenvalue weighted by Crippen LogP contribution is 2.32. The molecule has 124 valence electrons. The summed E-state index contributed by atoms with van der Waals surface area (Å²) >= 11 is 7.49. The van der Waals surface area contributed by atoms with Crippen molar-refractivity contribution in [2.75, 3.05) is 5.32 Å². The lowest BCUT2D eigenvalue weighted by Gasteiger charge is -2.08. The van der Waals surface area contributed by atoms with Gasteiger partial charge in [0.25, 0.3) is 5.91 Å². The van der Waals surface area contributed by atoms with Gasteiger partial charge < -0.3 is 5.32 Å². The van der Waals surface area contributed by atoms with E-state index in [-0.39, 0.29) is 5.91 Å². The number of carbonyl (C=O) groups is 1. The van der Waals surface area contributed by atoms with Crippen LogP contribution in [0.3, 0.4) is 0 Å². The standard InChI is InChI=1S/C19H14ClN3OS/c1-12-4-9-16-21-17(15-3-2-10-25-15)18(23(16)11-12)22-19(24)13-5-7-14(20)8-6-13/h2-11H,1H3,(H,22,24). The summed E-state index contributed by atoms with van der Waals surface area (Å²) in [6.45, 7) is 2.01. The highest BCUT2D eigenvalue weighted by molar-refractivity contribution is 7.13. The molecule has 1 aromatic carbocycles. The first-order valence-electron chi connectivity index (χ1n) is 7.71. The van der Waals surface area contributed by atoms with Gasteiger partial charge in [-0.05, 0) is 54.3 Å². The molecule has 4 rings (SSSR count). The van der Waals surface area contributed by atoms with Crippen molar-refractivity contribution >= 4 is 40.3 Å². The van der Waals surface area contributed by atoms with E-state index >= 15 is 0 Å². The molecule has 1 amide bonds. The van der Waals surface area contributed by atoms with Gasteiger partial charge in [0.1, 0.15) is 17.2 Å². The first kappa shape index (κ1) is 15.9. The minimum absolute atomic E-state index is 0.197. The van der Waals surface area contributed by atoms with Crippen LogP contribution in [0, 0.1) is 6.92 Å². The molecule has 1 N–H and O–H groups in total. The number of rotatable bonds is 3. The normalized spacial score (nSPS) is 11.0. The van der Waals surface area contributed by atoms with E-state index in [1.54, 1.807) is 35.6 Å². The molecular weight excluding hydrogens is 354 g/mol. The van der Waals surface area contributed by atoms with Crippen LogP contribution in [0.25, 0.3) is 16.2 Å². The van der Waals surface area contributed by atoms with E-state index in [9.17, 15) is 4.79 Å². The van der Waals surface area contributed by atoms with Gasteiger partial charge in [0, 0.05) is 16.8 Å². The topological polar surface area (TPSA) is 46.4 Å². The SMILES string of the molecule is Cc1ccc2nc(-c3cccs3)c(NC(=O)c3ccc(Cl)cc3)n2c1. The number of carbonyl (C=O) groups excluding carboxylic acids is 1. The Hall–Kier alpha value is -2.63. The van der Waals surface area contributed by atoms with Crippen LogP contribution in [0.15, 0.2) is 60.1 Å². The molecule has 4 nitrogen and oxygen atoms in total. The Kier molecular flexibility index (Phi) is 4.03. The molecule has 0 atom stereocenters. The number of hydrogen-bond acceptors (Lipinski definition) is 3. The molecule has 0 aliphatic heterocycles. The lowest BCUT2D eigenvalue weighted by atomic mass is 10.2. The Bertz CT molecular complexity index is 1050. The van der Waals surface area contributed by atoms with Crippen molar-refractivity contribution < 1.29 is 4.79 Å². The van der Waals surface area contributed by atoms with Gasteiger partial charge in [0.2, 0.25) is 0 Å². The minimum Gasteiger partial charge on any atom is -0.306 e. The van der Waals surface area contributed by atoms with Crippen molar-refractivity contribution in [3.8, 4) is 10.6 Å². The summed E-state index contributed by atoms with van der Waals surface area (Å²) < 4.78 is 1.91. The van der Waals surface area contributed by atoms with Crippen molar-refractivity contribution in [3.05, 3.63) is 76.3 Å². The van der Waals surface area contributed by atoms with Crippen molar-refractivity contribution in [3.63, 3.8) is 0 Å². The second kappa shape index (κ2) is 6.35. The van der Waals surface area contributed by atoms with Crippen molar-refractivity contribution in [1.82, 2.24) is 9.38 Å². The number of anilines is 1. The van der Waals surface area contributed by atoms with E-state index in [0.717, 1.165) is 21.8 Å². The molecule has 3 aromatic heterocycles. The van der Waals surface area contributed by atoms with Crippen molar-refractivity contribution in [1.29, 1.82) is 0 Å². The third kappa shape index (κ3) is 3.04. The molecule has 0 aliphatic carbocycles. The number of halogens is 1. The summed E-state index contributed by atoms with van der Waals surface area (Å²) in [7, 11) is 0. The number of fused-ring (bicyclic) bond motifs is 1. The Balaban J connectivity index is 1.81. The van der Waals surface area contributed by atoms with Gasteiger partial charge in [-0.3, -0.25) is 9.20 Å². The van der Waals surface area contributed by atoms with Crippen LogP contribution in [-0.2, 0) is 0 Å². The molecule has 6 heteroatoms. The van der Waals surface area contributed by atoms with Crippen LogP contribution in [0.2, 0.25) is 5.02 Å². The molecule has 3 heterocycles. The van der Waals surface area contributed by atoms with Crippen LogP contribution in [0.4, 0.5) is 5.82 Å². The number of nitrogens with zero attached hydrogens (tertiary/aromatic N) is 2. The fraction of sp³-hybridized carbons (Fsp3) is 0.0526. The monoisotopic (exact) mass is 367 g/mol. The Labute approximate surface area is 153 Å². The lowest BCUT2D eigenvalue weighted by molar-refractivity contribution is 0.102. The number of thiophene rings is 1. The zero-order valence-corrected chi connectivity index (χ0v) is 14.9. The molecule has 0 saturated heterocycles. The van der Waals surface area contributed by atoms with Gasteiger partial charge in [-0.25, -0.2) is 4.98 Å². The first-order chi connectivity index (χ1) is 12.1. The highest BCUT2D eigenvalue weighted by Gasteiger charge is 2.18. The average Bonchev–Trinajstić information content (AvgIpc) is 3.24. The first-order valence-corrected chi connectivity index (χ1v) is 8.97. The zero-order valence-electron chi connectivity index (χ0n) is 13.4. The van der Waals surface area contributed by atoms with Gasteiger partial charge in [-0.2, -0.15) is 0 Å². The molecule has 0 fully saturated rings. The van der Waals surface area contributed by atoms with Crippen LogP contribution in [0.5, 0.6) is 0 Å². The zero-order chi connectivity index (χ0) is 17.4. The fourth-order valence-electron chi connectivity index (χ4n) is 2.64. The number of benzene rings is 1. The highest BCUT2D eigenvalue weighted by atomic mass is 35.5. The largest absolute Gasteiger partial charge is 0.306 e. The van der Waals surface area contributed by atoms with Crippen LogP contribution < -0.4 is 5.32 Å². The van der Waals surface area contributed by atoms with Crippen LogP contribution in [0.1, 0.15) is 15.9 Å². The molecule has 25 heavy (non-hydrogen) atoms. The van der Waals surface area contributed by atoms with Gasteiger partial charge >= 0.3 is 0 Å². The Morgan fingerprint density at radius 1 is 1.16 bits per heavy atom. The second-order valence-corrected chi connectivity index (χ2v) is 7.07. The molecule has 0 spiro atoms. The summed E-state index contributed by atoms with van der Waals surface area (Å²) in [6, 6.07) is 14.7. The molecule has 0 radical (unpaired) electrons. The summed E-state index contributed by atoms with van der Waals surface area (Å²) in [5.41, 5.74) is 3.19. The number of aromatic nitrogens is 2. The average molecular weight is 368 g/mol. The number of imidazole rings is 1. The fourth-order valence-corrected chi connectivity index (χ4v) is 3.48. The number of hydrogen-bond donors (Lipinski definition) is 1. The third-order valence-electron chi connectivity index (χ3n) is 3.86. The Morgan fingerprint density at radius 3 is 2.68 bits per heavy atom. The maximum absolute atomic E-state index is 12.7. The van der Waals surface area contributed by atoms with Crippen molar-refractivity contribution in [2.24, 2.45) is 0 Å². The van der Waals surface area contributed by atoms with Gasteiger partial charge in [0.05, 0.1) is 4.88 Å². The predicted molar refractivity (Wildman–Crippen MR) is 103 cm³/mol. The smallest absolute Gasteiger partial charge is 0.256 e.